The predicted octanol–water partition coefficient (Wildman–Crippen LogP) is 4.67. The number of carbonyl (C=O) groups excluding carboxylic acids is 2. The molecule has 1 unspecified atom stereocenters. The zero-order valence-electron chi connectivity index (χ0n) is 18.6. The molecule has 33 heavy (non-hydrogen) atoms. The van der Waals surface area contributed by atoms with E-state index in [9.17, 15) is 9.59 Å². The summed E-state index contributed by atoms with van der Waals surface area (Å²) in [6.07, 6.45) is 3.81. The van der Waals surface area contributed by atoms with Gasteiger partial charge in [-0.1, -0.05) is 53.5 Å². The fourth-order valence-corrected chi connectivity index (χ4v) is 4.90. The number of benzene rings is 2. The summed E-state index contributed by atoms with van der Waals surface area (Å²) in [6, 6.07) is 15.7. The largest absolute Gasteiger partial charge is 0.339 e. The highest BCUT2D eigenvalue weighted by molar-refractivity contribution is 6.42. The predicted molar refractivity (Wildman–Crippen MR) is 133 cm³/mol. The lowest BCUT2D eigenvalue weighted by Crippen LogP contribution is -2.54. The third-order valence-electron chi connectivity index (χ3n) is 6.52. The van der Waals surface area contributed by atoms with E-state index in [0.29, 0.717) is 48.0 Å². The summed E-state index contributed by atoms with van der Waals surface area (Å²) >= 11 is 12.0. The smallest absolute Gasteiger partial charge is 0.321 e. The number of amides is 3. The van der Waals surface area contributed by atoms with Gasteiger partial charge >= 0.3 is 6.03 Å². The number of aryl methyl sites for hydroxylation is 1. The van der Waals surface area contributed by atoms with Crippen LogP contribution < -0.4 is 10.6 Å². The van der Waals surface area contributed by atoms with Crippen LogP contribution in [0.4, 0.5) is 10.5 Å². The first kappa shape index (κ1) is 23.9. The van der Waals surface area contributed by atoms with Crippen LogP contribution in [0.2, 0.25) is 10.0 Å². The van der Waals surface area contributed by atoms with Crippen molar-refractivity contribution < 1.29 is 9.59 Å². The Morgan fingerprint density at radius 2 is 1.70 bits per heavy atom. The summed E-state index contributed by atoms with van der Waals surface area (Å²) in [6.45, 7) is 3.03. The van der Waals surface area contributed by atoms with Gasteiger partial charge in [-0.3, -0.25) is 4.79 Å². The maximum Gasteiger partial charge on any atom is 0.321 e. The van der Waals surface area contributed by atoms with E-state index in [-0.39, 0.29) is 17.9 Å². The highest BCUT2D eigenvalue weighted by atomic mass is 35.5. The van der Waals surface area contributed by atoms with Gasteiger partial charge in [0, 0.05) is 43.8 Å². The van der Waals surface area contributed by atoms with Crippen LogP contribution in [0.5, 0.6) is 0 Å². The zero-order valence-corrected chi connectivity index (χ0v) is 20.1. The molecule has 0 bridgehead atoms. The van der Waals surface area contributed by atoms with Crippen LogP contribution in [0, 0.1) is 5.92 Å². The van der Waals surface area contributed by atoms with Gasteiger partial charge in [-0.15, -0.1) is 0 Å². The fraction of sp³-hybridized carbons (Fsp3) is 0.440. The quantitative estimate of drug-likeness (QED) is 0.642. The lowest BCUT2D eigenvalue weighted by molar-refractivity contribution is -0.138. The van der Waals surface area contributed by atoms with E-state index in [4.69, 9.17) is 23.2 Å². The van der Waals surface area contributed by atoms with Crippen molar-refractivity contribution in [2.75, 3.05) is 38.0 Å². The van der Waals surface area contributed by atoms with E-state index >= 15 is 0 Å². The molecule has 0 spiro atoms. The van der Waals surface area contributed by atoms with Gasteiger partial charge in [-0.05, 0) is 56.0 Å². The number of piperidine rings is 1. The number of urea groups is 1. The second kappa shape index (κ2) is 11.2. The van der Waals surface area contributed by atoms with E-state index in [1.807, 2.05) is 11.0 Å². The first-order valence-corrected chi connectivity index (χ1v) is 12.3. The van der Waals surface area contributed by atoms with E-state index in [1.54, 1.807) is 23.1 Å². The van der Waals surface area contributed by atoms with Gasteiger partial charge < -0.3 is 20.4 Å². The maximum absolute atomic E-state index is 13.2. The normalized spacial score (nSPS) is 21.0. The van der Waals surface area contributed by atoms with Crippen molar-refractivity contribution in [1.29, 1.82) is 0 Å². The van der Waals surface area contributed by atoms with Crippen molar-refractivity contribution >= 4 is 40.8 Å². The summed E-state index contributed by atoms with van der Waals surface area (Å²) in [5.74, 6) is 0.286. The SMILES string of the molecule is O=C(Nc1ccc(Cl)c(Cl)c1)N1CCN(C(=O)[C@@H]2CCNC(CCc3ccccc3)C2)CC1. The second-order valence-corrected chi connectivity index (χ2v) is 9.58. The summed E-state index contributed by atoms with van der Waals surface area (Å²) in [5.41, 5.74) is 1.94. The molecule has 0 saturated carbocycles. The first-order chi connectivity index (χ1) is 16.0. The number of halogens is 2. The van der Waals surface area contributed by atoms with Crippen molar-refractivity contribution in [3.05, 3.63) is 64.1 Å². The molecule has 6 nitrogen and oxygen atoms in total. The summed E-state index contributed by atoms with van der Waals surface area (Å²) in [5, 5.41) is 7.28. The number of rotatable bonds is 5. The maximum atomic E-state index is 13.2. The van der Waals surface area contributed by atoms with Crippen molar-refractivity contribution in [3.8, 4) is 0 Å². The third kappa shape index (κ3) is 6.40. The summed E-state index contributed by atoms with van der Waals surface area (Å²) in [4.78, 5) is 29.4. The Kier molecular flexibility index (Phi) is 8.12. The number of nitrogens with one attached hydrogen (secondary N) is 2. The minimum absolute atomic E-state index is 0.0589. The van der Waals surface area contributed by atoms with Crippen LogP contribution >= 0.6 is 23.2 Å². The molecule has 3 amide bonds. The molecule has 2 fully saturated rings. The van der Waals surface area contributed by atoms with Crippen molar-refractivity contribution in [2.24, 2.45) is 5.92 Å². The Bertz CT molecular complexity index is 964. The van der Waals surface area contributed by atoms with Crippen LogP contribution in [0.1, 0.15) is 24.8 Å². The molecule has 2 heterocycles. The van der Waals surface area contributed by atoms with Gasteiger partial charge in [0.05, 0.1) is 10.0 Å². The zero-order chi connectivity index (χ0) is 23.2. The Morgan fingerprint density at radius 3 is 2.42 bits per heavy atom. The molecule has 0 aromatic heterocycles. The molecule has 0 radical (unpaired) electrons. The van der Waals surface area contributed by atoms with Gasteiger partial charge in [-0.25, -0.2) is 4.79 Å². The highest BCUT2D eigenvalue weighted by Gasteiger charge is 2.32. The molecule has 2 aromatic rings. The minimum atomic E-state index is -0.191. The molecule has 2 saturated heterocycles. The van der Waals surface area contributed by atoms with Crippen molar-refractivity contribution in [3.63, 3.8) is 0 Å². The third-order valence-corrected chi connectivity index (χ3v) is 7.26. The molecule has 2 aliphatic heterocycles. The molecule has 0 aliphatic carbocycles. The molecular formula is C25H30Cl2N4O2. The average Bonchev–Trinajstić information content (AvgIpc) is 2.85. The molecule has 2 N–H and O–H groups in total. The molecule has 176 valence electrons. The van der Waals surface area contributed by atoms with E-state index in [1.165, 1.54) is 5.56 Å². The molecule has 2 aliphatic rings. The van der Waals surface area contributed by atoms with Crippen LogP contribution in [0.25, 0.3) is 0 Å². The number of carbonyl (C=O) groups is 2. The van der Waals surface area contributed by atoms with Gasteiger partial charge in [-0.2, -0.15) is 0 Å². The number of anilines is 1. The Balaban J connectivity index is 1.23. The Labute approximate surface area is 205 Å². The number of hydrogen-bond donors (Lipinski definition) is 2. The standard InChI is InChI=1S/C25H30Cl2N4O2/c26-22-9-8-21(17-23(22)27)29-25(33)31-14-12-30(13-15-31)24(32)19-10-11-28-20(16-19)7-6-18-4-2-1-3-5-18/h1-5,8-9,17,19-20,28H,6-7,10-16H2,(H,29,33)/t19-,20?/m1/s1. The summed E-state index contributed by atoms with van der Waals surface area (Å²) < 4.78 is 0. The van der Waals surface area contributed by atoms with Crippen molar-refractivity contribution in [2.45, 2.75) is 31.7 Å². The van der Waals surface area contributed by atoms with Gasteiger partial charge in [0.2, 0.25) is 5.91 Å². The average molecular weight is 489 g/mol. The van der Waals surface area contributed by atoms with Crippen molar-refractivity contribution in [1.82, 2.24) is 15.1 Å². The van der Waals surface area contributed by atoms with Gasteiger partial charge in [0.1, 0.15) is 0 Å². The molecule has 4 rings (SSSR count). The molecule has 2 atom stereocenters. The van der Waals surface area contributed by atoms with Crippen LogP contribution in [0.3, 0.4) is 0 Å². The number of piperazine rings is 1. The molecule has 2 aromatic carbocycles. The Morgan fingerprint density at radius 1 is 0.970 bits per heavy atom. The van der Waals surface area contributed by atoms with E-state index < -0.39 is 0 Å². The highest BCUT2D eigenvalue weighted by Crippen LogP contribution is 2.26. The lowest BCUT2D eigenvalue weighted by Gasteiger charge is -2.38. The first-order valence-electron chi connectivity index (χ1n) is 11.6. The number of nitrogens with zero attached hydrogens (tertiary/aromatic N) is 2. The van der Waals surface area contributed by atoms with Gasteiger partial charge in [0.15, 0.2) is 0 Å². The van der Waals surface area contributed by atoms with Crippen LogP contribution in [-0.2, 0) is 11.2 Å². The lowest BCUT2D eigenvalue weighted by atomic mass is 9.88. The molecular weight excluding hydrogens is 459 g/mol. The topological polar surface area (TPSA) is 64.7 Å². The van der Waals surface area contributed by atoms with E-state index in [2.05, 4.69) is 34.9 Å². The monoisotopic (exact) mass is 488 g/mol. The summed E-state index contributed by atoms with van der Waals surface area (Å²) in [7, 11) is 0. The van der Waals surface area contributed by atoms with Crippen LogP contribution in [-0.4, -0.2) is 60.5 Å². The minimum Gasteiger partial charge on any atom is -0.339 e. The number of hydrogen-bond acceptors (Lipinski definition) is 3. The fourth-order valence-electron chi connectivity index (χ4n) is 4.60. The molecule has 8 heteroatoms. The Hall–Kier alpha value is -2.28. The van der Waals surface area contributed by atoms with Gasteiger partial charge in [0.25, 0.3) is 0 Å². The second-order valence-electron chi connectivity index (χ2n) is 8.77. The van der Waals surface area contributed by atoms with Crippen LogP contribution in [0.15, 0.2) is 48.5 Å². The van der Waals surface area contributed by atoms with E-state index in [0.717, 1.165) is 32.2 Å².